The van der Waals surface area contributed by atoms with E-state index in [0.29, 0.717) is 17.4 Å². The molecule has 1 aliphatic carbocycles. The van der Waals surface area contributed by atoms with Crippen molar-refractivity contribution in [1.29, 1.82) is 0 Å². The second kappa shape index (κ2) is 7.11. The zero-order chi connectivity index (χ0) is 19.1. The number of aryl methyl sites for hydroxylation is 1. The normalized spacial score (nSPS) is 23.1. The molecular weight excluding hydrogens is 360 g/mol. The van der Waals surface area contributed by atoms with Crippen molar-refractivity contribution in [3.63, 3.8) is 0 Å². The number of hydrogen-bond donors (Lipinski definition) is 1. The molecule has 6 nitrogen and oxygen atoms in total. The van der Waals surface area contributed by atoms with Crippen molar-refractivity contribution < 1.29 is 4.79 Å². The molecule has 4 rings (SSSR count). The van der Waals surface area contributed by atoms with Gasteiger partial charge >= 0.3 is 0 Å². The number of amides is 1. The summed E-state index contributed by atoms with van der Waals surface area (Å²) in [7, 11) is 0. The summed E-state index contributed by atoms with van der Waals surface area (Å²) in [6.07, 6.45) is 5.99. The Morgan fingerprint density at radius 3 is 2.89 bits per heavy atom. The van der Waals surface area contributed by atoms with Gasteiger partial charge in [-0.1, -0.05) is 33.6 Å². The first-order valence-corrected chi connectivity index (χ1v) is 10.6. The molecule has 27 heavy (non-hydrogen) atoms. The quantitative estimate of drug-likeness (QED) is 0.749. The van der Waals surface area contributed by atoms with Crippen molar-refractivity contribution in [3.8, 4) is 0 Å². The molecule has 0 radical (unpaired) electrons. The van der Waals surface area contributed by atoms with Crippen LogP contribution >= 0.6 is 11.3 Å². The van der Waals surface area contributed by atoms with E-state index in [9.17, 15) is 9.59 Å². The maximum Gasteiger partial charge on any atom is 0.291 e. The van der Waals surface area contributed by atoms with Crippen molar-refractivity contribution in [1.82, 2.24) is 19.5 Å². The first-order chi connectivity index (χ1) is 13.0. The summed E-state index contributed by atoms with van der Waals surface area (Å²) in [5.74, 6) is 0.935. The fraction of sp³-hybridized carbons (Fsp3) is 0.550. The van der Waals surface area contributed by atoms with E-state index in [4.69, 9.17) is 0 Å². The van der Waals surface area contributed by atoms with E-state index in [1.807, 2.05) is 10.5 Å². The SMILES string of the molecule is CCc1cc2c(cc3c(=O)n(CC(=O)NC4CCCC(C)C4C)ncn32)s1. The Bertz CT molecular complexity index is 1050. The summed E-state index contributed by atoms with van der Waals surface area (Å²) in [6.45, 7) is 6.52. The number of carbonyl (C=O) groups excluding carboxylic acids is 1. The minimum atomic E-state index is -0.223. The van der Waals surface area contributed by atoms with Gasteiger partial charge in [-0.3, -0.25) is 14.0 Å². The Morgan fingerprint density at radius 2 is 2.11 bits per heavy atom. The lowest BCUT2D eigenvalue weighted by molar-refractivity contribution is -0.123. The van der Waals surface area contributed by atoms with Crippen molar-refractivity contribution in [2.75, 3.05) is 0 Å². The topological polar surface area (TPSA) is 68.4 Å². The van der Waals surface area contributed by atoms with Gasteiger partial charge in [0.1, 0.15) is 18.4 Å². The van der Waals surface area contributed by atoms with E-state index in [0.717, 1.165) is 29.5 Å². The summed E-state index contributed by atoms with van der Waals surface area (Å²) in [6, 6.07) is 4.20. The predicted molar refractivity (Wildman–Crippen MR) is 108 cm³/mol. The van der Waals surface area contributed by atoms with Crippen LogP contribution < -0.4 is 10.9 Å². The van der Waals surface area contributed by atoms with E-state index in [2.05, 4.69) is 37.3 Å². The highest BCUT2D eigenvalue weighted by molar-refractivity contribution is 7.19. The van der Waals surface area contributed by atoms with Gasteiger partial charge in [0.05, 0.1) is 10.2 Å². The number of rotatable bonds is 4. The van der Waals surface area contributed by atoms with Crippen LogP contribution in [0.3, 0.4) is 0 Å². The Balaban J connectivity index is 1.56. The van der Waals surface area contributed by atoms with Gasteiger partial charge in [-0.05, 0) is 36.8 Å². The monoisotopic (exact) mass is 386 g/mol. The van der Waals surface area contributed by atoms with Crippen LogP contribution in [-0.2, 0) is 17.8 Å². The van der Waals surface area contributed by atoms with Gasteiger partial charge < -0.3 is 5.32 Å². The van der Waals surface area contributed by atoms with Crippen molar-refractivity contribution in [2.45, 2.75) is 59.0 Å². The minimum absolute atomic E-state index is 0.0357. The maximum absolute atomic E-state index is 12.8. The molecular formula is C20H26N4O2S. The van der Waals surface area contributed by atoms with Gasteiger partial charge in [-0.25, -0.2) is 4.68 Å². The summed E-state index contributed by atoms with van der Waals surface area (Å²) in [5, 5.41) is 7.36. The van der Waals surface area contributed by atoms with Gasteiger partial charge in [0.25, 0.3) is 5.56 Å². The fourth-order valence-electron chi connectivity index (χ4n) is 4.11. The molecule has 1 saturated carbocycles. The molecule has 7 heteroatoms. The molecule has 0 spiro atoms. The Morgan fingerprint density at radius 1 is 1.30 bits per heavy atom. The smallest absolute Gasteiger partial charge is 0.291 e. The van der Waals surface area contributed by atoms with Gasteiger partial charge in [0.2, 0.25) is 5.91 Å². The maximum atomic E-state index is 12.8. The van der Waals surface area contributed by atoms with Crippen LogP contribution in [0, 0.1) is 11.8 Å². The van der Waals surface area contributed by atoms with Crippen LogP contribution in [0.1, 0.15) is 44.9 Å². The van der Waals surface area contributed by atoms with Crippen molar-refractivity contribution in [2.24, 2.45) is 11.8 Å². The number of carbonyl (C=O) groups is 1. The molecule has 144 valence electrons. The second-order valence-corrected chi connectivity index (χ2v) is 8.92. The summed E-state index contributed by atoms with van der Waals surface area (Å²) in [4.78, 5) is 26.6. The number of nitrogens with one attached hydrogen (secondary N) is 1. The van der Waals surface area contributed by atoms with Crippen LogP contribution in [0.2, 0.25) is 0 Å². The molecule has 1 fully saturated rings. The third-order valence-electron chi connectivity index (χ3n) is 6.03. The molecule has 1 aliphatic rings. The van der Waals surface area contributed by atoms with E-state index < -0.39 is 0 Å². The lowest BCUT2D eigenvalue weighted by Crippen LogP contribution is -2.45. The largest absolute Gasteiger partial charge is 0.351 e. The average Bonchev–Trinajstić information content (AvgIpc) is 3.19. The first-order valence-electron chi connectivity index (χ1n) is 9.77. The molecule has 1 amide bonds. The third kappa shape index (κ3) is 3.29. The molecule has 0 aromatic carbocycles. The van der Waals surface area contributed by atoms with Gasteiger partial charge in [0.15, 0.2) is 0 Å². The third-order valence-corrected chi connectivity index (χ3v) is 7.25. The number of fused-ring (bicyclic) bond motifs is 3. The molecule has 3 aromatic rings. The molecule has 3 unspecified atom stereocenters. The lowest BCUT2D eigenvalue weighted by Gasteiger charge is -2.34. The number of aromatic nitrogens is 3. The molecule has 0 saturated heterocycles. The van der Waals surface area contributed by atoms with Crippen LogP contribution in [0.5, 0.6) is 0 Å². The lowest BCUT2D eigenvalue weighted by atomic mass is 9.78. The van der Waals surface area contributed by atoms with Gasteiger partial charge in [0, 0.05) is 10.9 Å². The molecule has 3 heterocycles. The number of nitrogens with zero attached hydrogens (tertiary/aromatic N) is 3. The fourth-order valence-corrected chi connectivity index (χ4v) is 5.14. The summed E-state index contributed by atoms with van der Waals surface area (Å²) < 4.78 is 4.18. The molecule has 0 aliphatic heterocycles. The number of hydrogen-bond acceptors (Lipinski definition) is 4. The van der Waals surface area contributed by atoms with Crippen molar-refractivity contribution in [3.05, 3.63) is 33.7 Å². The molecule has 1 N–H and O–H groups in total. The van der Waals surface area contributed by atoms with E-state index >= 15 is 0 Å². The highest BCUT2D eigenvalue weighted by Crippen LogP contribution is 2.30. The molecule has 3 atom stereocenters. The highest BCUT2D eigenvalue weighted by atomic mass is 32.1. The summed E-state index contributed by atoms with van der Waals surface area (Å²) >= 11 is 1.70. The first kappa shape index (κ1) is 18.2. The van der Waals surface area contributed by atoms with Crippen LogP contribution in [0.15, 0.2) is 23.3 Å². The van der Waals surface area contributed by atoms with E-state index in [1.54, 1.807) is 17.7 Å². The van der Waals surface area contributed by atoms with Crippen molar-refractivity contribution >= 4 is 33.0 Å². The van der Waals surface area contributed by atoms with Crippen LogP contribution in [0.4, 0.5) is 0 Å². The Kier molecular flexibility index (Phi) is 4.80. The zero-order valence-electron chi connectivity index (χ0n) is 16.1. The van der Waals surface area contributed by atoms with E-state index in [-0.39, 0.29) is 24.1 Å². The van der Waals surface area contributed by atoms with E-state index in [1.165, 1.54) is 16.0 Å². The van der Waals surface area contributed by atoms with Gasteiger partial charge in [-0.2, -0.15) is 5.10 Å². The highest BCUT2D eigenvalue weighted by Gasteiger charge is 2.28. The van der Waals surface area contributed by atoms with Crippen LogP contribution in [0.25, 0.3) is 15.7 Å². The minimum Gasteiger partial charge on any atom is -0.351 e. The standard InChI is InChI=1S/C20H26N4O2S/c1-4-14-8-16-18(27-14)9-17-20(26)24(21-11-23(16)17)10-19(25)22-15-7-5-6-12(2)13(15)3/h8-9,11-13,15H,4-7,10H2,1-3H3,(H,22,25). The Hall–Kier alpha value is -2.15. The molecule has 3 aromatic heterocycles. The molecule has 0 bridgehead atoms. The average molecular weight is 387 g/mol. The second-order valence-electron chi connectivity index (χ2n) is 7.75. The summed E-state index contributed by atoms with van der Waals surface area (Å²) in [5.41, 5.74) is 1.36. The predicted octanol–water partition coefficient (Wildman–Crippen LogP) is 3.21. The zero-order valence-corrected chi connectivity index (χ0v) is 16.9. The Labute approximate surface area is 162 Å². The van der Waals surface area contributed by atoms with Gasteiger partial charge in [-0.15, -0.1) is 11.3 Å². The van der Waals surface area contributed by atoms with Crippen LogP contribution in [-0.4, -0.2) is 26.1 Å². The number of thiophene rings is 1.